The van der Waals surface area contributed by atoms with E-state index >= 15 is 0 Å². The van der Waals surface area contributed by atoms with Crippen LogP contribution >= 0.6 is 0 Å². The fourth-order valence-electron chi connectivity index (χ4n) is 3.35. The van der Waals surface area contributed by atoms with E-state index in [1.165, 1.54) is 17.9 Å². The summed E-state index contributed by atoms with van der Waals surface area (Å²) in [5.41, 5.74) is 4.83. The topological polar surface area (TPSA) is 59.9 Å². The van der Waals surface area contributed by atoms with Gasteiger partial charge in [-0.3, -0.25) is 4.79 Å². The van der Waals surface area contributed by atoms with Crippen LogP contribution in [0.25, 0.3) is 10.8 Å². The number of nitrogens with one attached hydrogen (secondary N) is 1. The highest BCUT2D eigenvalue weighted by molar-refractivity contribution is 5.97. The number of para-hydroxylation sites is 2. The monoisotopic (exact) mass is 410 g/mol. The average molecular weight is 410 g/mol. The second kappa shape index (κ2) is 9.59. The fourth-order valence-corrected chi connectivity index (χ4v) is 3.35. The number of carbonyl (C=O) groups is 1. The lowest BCUT2D eigenvalue weighted by molar-refractivity contribution is 0.0952. The maximum atomic E-state index is 12.4. The minimum absolute atomic E-state index is 0.345. The van der Waals surface area contributed by atoms with Crippen LogP contribution in [0, 0.1) is 0 Å². The first-order valence-electron chi connectivity index (χ1n) is 9.91. The Bertz CT molecular complexity index is 1230. The van der Waals surface area contributed by atoms with Crippen LogP contribution in [-0.2, 0) is 6.61 Å². The summed E-state index contributed by atoms with van der Waals surface area (Å²) in [5.74, 6) is 0.836. The van der Waals surface area contributed by atoms with Crippen LogP contribution in [0.5, 0.6) is 11.5 Å². The summed E-state index contributed by atoms with van der Waals surface area (Å²) in [6.45, 7) is 0.430. The van der Waals surface area contributed by atoms with Gasteiger partial charge in [-0.15, -0.1) is 0 Å². The summed E-state index contributed by atoms with van der Waals surface area (Å²) in [4.78, 5) is 12.4. The molecule has 0 fully saturated rings. The quantitative estimate of drug-likeness (QED) is 0.337. The molecular formula is C26H22N2O3. The van der Waals surface area contributed by atoms with Crippen molar-refractivity contribution in [2.24, 2.45) is 5.10 Å². The van der Waals surface area contributed by atoms with E-state index in [1.54, 1.807) is 24.4 Å². The number of nitrogens with zero attached hydrogens (tertiary/aromatic N) is 1. The molecule has 0 saturated heterocycles. The molecule has 4 aromatic carbocycles. The van der Waals surface area contributed by atoms with E-state index in [0.717, 1.165) is 11.1 Å². The Morgan fingerprint density at radius 1 is 0.871 bits per heavy atom. The first kappa shape index (κ1) is 20.2. The third-order valence-corrected chi connectivity index (χ3v) is 4.90. The minimum atomic E-state index is -0.345. The van der Waals surface area contributed by atoms with Crippen molar-refractivity contribution < 1.29 is 14.3 Å². The maximum Gasteiger partial charge on any atom is 0.275 e. The largest absolute Gasteiger partial charge is 0.496 e. The SMILES string of the molecule is COc1ccccc1C(=O)N/N=C\c1ccccc1OCc1cccc2ccccc12. The van der Waals surface area contributed by atoms with Gasteiger partial charge in [0.25, 0.3) is 5.91 Å². The molecule has 4 rings (SSSR count). The lowest BCUT2D eigenvalue weighted by Gasteiger charge is -2.11. The molecule has 5 heteroatoms. The predicted octanol–water partition coefficient (Wildman–Crippen LogP) is 5.19. The van der Waals surface area contributed by atoms with Gasteiger partial charge in [0.15, 0.2) is 0 Å². The zero-order chi connectivity index (χ0) is 21.5. The van der Waals surface area contributed by atoms with E-state index in [1.807, 2.05) is 48.5 Å². The van der Waals surface area contributed by atoms with Crippen molar-refractivity contribution in [3.63, 3.8) is 0 Å². The highest BCUT2D eigenvalue weighted by atomic mass is 16.5. The molecule has 0 spiro atoms. The molecule has 154 valence electrons. The van der Waals surface area contributed by atoms with Gasteiger partial charge in [-0.2, -0.15) is 5.10 Å². The summed E-state index contributed by atoms with van der Waals surface area (Å²) >= 11 is 0. The Hall–Kier alpha value is -4.12. The molecule has 0 heterocycles. The van der Waals surface area contributed by atoms with Gasteiger partial charge in [-0.25, -0.2) is 5.43 Å². The lowest BCUT2D eigenvalue weighted by atomic mass is 10.1. The Morgan fingerprint density at radius 2 is 1.58 bits per heavy atom. The number of ether oxygens (including phenoxy) is 2. The van der Waals surface area contributed by atoms with Gasteiger partial charge in [0.2, 0.25) is 0 Å². The second-order valence-corrected chi connectivity index (χ2v) is 6.86. The Labute approximate surface area is 180 Å². The van der Waals surface area contributed by atoms with Crippen LogP contribution in [0.3, 0.4) is 0 Å². The van der Waals surface area contributed by atoms with E-state index in [2.05, 4.69) is 34.8 Å². The van der Waals surface area contributed by atoms with Crippen molar-refractivity contribution in [2.45, 2.75) is 6.61 Å². The molecular weight excluding hydrogens is 388 g/mol. The summed E-state index contributed by atoms with van der Waals surface area (Å²) < 4.78 is 11.3. The molecule has 0 aliphatic carbocycles. The maximum absolute atomic E-state index is 12.4. The van der Waals surface area contributed by atoms with Crippen molar-refractivity contribution in [1.82, 2.24) is 5.43 Å². The van der Waals surface area contributed by atoms with Crippen molar-refractivity contribution in [1.29, 1.82) is 0 Å². The Kier molecular flexibility index (Phi) is 6.24. The molecule has 0 aliphatic heterocycles. The molecule has 5 nitrogen and oxygen atoms in total. The van der Waals surface area contributed by atoms with E-state index in [9.17, 15) is 4.79 Å². The number of rotatable bonds is 7. The van der Waals surface area contributed by atoms with Crippen molar-refractivity contribution in [3.8, 4) is 11.5 Å². The van der Waals surface area contributed by atoms with Crippen molar-refractivity contribution >= 4 is 22.9 Å². The first-order valence-corrected chi connectivity index (χ1v) is 9.91. The van der Waals surface area contributed by atoms with Crippen molar-refractivity contribution in [3.05, 3.63) is 108 Å². The fraction of sp³-hybridized carbons (Fsp3) is 0.0769. The third kappa shape index (κ3) is 4.73. The number of hydrogen-bond acceptors (Lipinski definition) is 4. The number of hydrazone groups is 1. The average Bonchev–Trinajstić information content (AvgIpc) is 2.83. The molecule has 0 radical (unpaired) electrons. The van der Waals surface area contributed by atoms with Gasteiger partial charge < -0.3 is 9.47 Å². The van der Waals surface area contributed by atoms with Crippen LogP contribution in [0.1, 0.15) is 21.5 Å². The van der Waals surface area contributed by atoms with Crippen LogP contribution < -0.4 is 14.9 Å². The van der Waals surface area contributed by atoms with Crippen LogP contribution in [0.2, 0.25) is 0 Å². The Balaban J connectivity index is 1.46. The molecule has 0 bridgehead atoms. The van der Waals surface area contributed by atoms with Gasteiger partial charge in [0.05, 0.1) is 18.9 Å². The van der Waals surface area contributed by atoms with E-state index in [-0.39, 0.29) is 5.91 Å². The zero-order valence-electron chi connectivity index (χ0n) is 17.1. The first-order chi connectivity index (χ1) is 15.3. The van der Waals surface area contributed by atoms with Gasteiger partial charge in [-0.05, 0) is 40.6 Å². The summed E-state index contributed by atoms with van der Waals surface area (Å²) in [6, 6.07) is 29.0. The molecule has 1 N–H and O–H groups in total. The molecule has 4 aromatic rings. The van der Waals surface area contributed by atoms with Crippen LogP contribution in [0.15, 0.2) is 96.1 Å². The molecule has 0 aromatic heterocycles. The molecule has 31 heavy (non-hydrogen) atoms. The second-order valence-electron chi connectivity index (χ2n) is 6.86. The number of hydrogen-bond donors (Lipinski definition) is 1. The lowest BCUT2D eigenvalue weighted by Crippen LogP contribution is -2.18. The van der Waals surface area contributed by atoms with Crippen molar-refractivity contribution in [2.75, 3.05) is 7.11 Å². The molecule has 0 unspecified atom stereocenters. The molecule has 0 saturated carbocycles. The molecule has 1 amide bonds. The molecule has 0 atom stereocenters. The van der Waals surface area contributed by atoms with Crippen LogP contribution in [-0.4, -0.2) is 19.2 Å². The summed E-state index contributed by atoms with van der Waals surface area (Å²) in [6.07, 6.45) is 1.58. The standard InChI is InChI=1S/C26H22N2O3/c1-30-25-16-7-5-14-23(25)26(29)28-27-17-20-10-3-6-15-24(20)31-18-21-12-8-11-19-9-2-4-13-22(19)21/h2-17H,18H2,1H3,(H,28,29)/b27-17-. The van der Waals surface area contributed by atoms with E-state index in [0.29, 0.717) is 23.7 Å². The number of methoxy groups -OCH3 is 1. The van der Waals surface area contributed by atoms with Gasteiger partial charge in [0, 0.05) is 5.56 Å². The number of fused-ring (bicyclic) bond motifs is 1. The number of amides is 1. The smallest absolute Gasteiger partial charge is 0.275 e. The normalized spacial score (nSPS) is 10.9. The predicted molar refractivity (Wildman–Crippen MR) is 123 cm³/mol. The van der Waals surface area contributed by atoms with E-state index in [4.69, 9.17) is 9.47 Å². The van der Waals surface area contributed by atoms with Crippen LogP contribution in [0.4, 0.5) is 0 Å². The van der Waals surface area contributed by atoms with Gasteiger partial charge in [0.1, 0.15) is 18.1 Å². The number of carbonyl (C=O) groups excluding carboxylic acids is 1. The third-order valence-electron chi connectivity index (χ3n) is 4.90. The molecule has 0 aliphatic rings. The zero-order valence-corrected chi connectivity index (χ0v) is 17.1. The highest BCUT2D eigenvalue weighted by Crippen LogP contribution is 2.22. The van der Waals surface area contributed by atoms with Gasteiger partial charge in [-0.1, -0.05) is 66.7 Å². The highest BCUT2D eigenvalue weighted by Gasteiger charge is 2.10. The minimum Gasteiger partial charge on any atom is -0.496 e. The summed E-state index contributed by atoms with van der Waals surface area (Å²) in [7, 11) is 1.53. The summed E-state index contributed by atoms with van der Waals surface area (Å²) in [5, 5.41) is 6.44. The Morgan fingerprint density at radius 3 is 2.45 bits per heavy atom. The number of benzene rings is 4. The van der Waals surface area contributed by atoms with E-state index < -0.39 is 0 Å². The van der Waals surface area contributed by atoms with Gasteiger partial charge >= 0.3 is 0 Å².